The van der Waals surface area contributed by atoms with Gasteiger partial charge in [-0.05, 0) is 47.0 Å². The van der Waals surface area contributed by atoms with Crippen molar-refractivity contribution in [3.05, 3.63) is 22.7 Å². The number of rotatable bonds is 5. The molecule has 22 heavy (non-hydrogen) atoms. The maximum absolute atomic E-state index is 12.3. The number of sulfonamides is 1. The lowest BCUT2D eigenvalue weighted by Gasteiger charge is -2.33. The summed E-state index contributed by atoms with van der Waals surface area (Å²) in [6.45, 7) is 0.277. The van der Waals surface area contributed by atoms with Crippen LogP contribution in [-0.4, -0.2) is 27.6 Å². The maximum Gasteiger partial charge on any atom is 0.240 e. The molecule has 1 aliphatic carbocycles. The van der Waals surface area contributed by atoms with Crippen molar-refractivity contribution in [2.45, 2.75) is 42.5 Å². The van der Waals surface area contributed by atoms with E-state index in [1.165, 1.54) is 25.7 Å². The molecule has 1 saturated carbocycles. The Labute approximate surface area is 146 Å². The lowest BCUT2D eigenvalue weighted by atomic mass is 9.83. The van der Waals surface area contributed by atoms with Crippen LogP contribution in [0.3, 0.4) is 0 Å². The monoisotopic (exact) mass is 412 g/mol. The first kappa shape index (κ1) is 19.7. The van der Waals surface area contributed by atoms with Gasteiger partial charge in [0.05, 0.1) is 16.5 Å². The van der Waals surface area contributed by atoms with E-state index in [-0.39, 0.29) is 23.8 Å². The molecular formula is C14H22BrClN2O3S. The summed E-state index contributed by atoms with van der Waals surface area (Å²) in [6, 6.07) is 4.68. The Kier molecular flexibility index (Phi) is 7.14. The number of ether oxygens (including phenoxy) is 1. The summed E-state index contributed by atoms with van der Waals surface area (Å²) >= 11 is 3.30. The number of hydrogen-bond acceptors (Lipinski definition) is 4. The summed E-state index contributed by atoms with van der Waals surface area (Å²) in [5.41, 5.74) is 5.84. The van der Waals surface area contributed by atoms with Crippen LogP contribution in [0.25, 0.3) is 0 Å². The van der Waals surface area contributed by atoms with Gasteiger partial charge in [-0.3, -0.25) is 0 Å². The summed E-state index contributed by atoms with van der Waals surface area (Å²) in [4.78, 5) is 0.203. The van der Waals surface area contributed by atoms with Crippen molar-refractivity contribution in [3.8, 4) is 5.75 Å². The minimum atomic E-state index is -3.56. The van der Waals surface area contributed by atoms with Crippen molar-refractivity contribution in [2.24, 2.45) is 5.73 Å². The average Bonchev–Trinajstić information content (AvgIpc) is 2.46. The molecule has 0 radical (unpaired) electrons. The van der Waals surface area contributed by atoms with Crippen LogP contribution in [0.5, 0.6) is 5.75 Å². The lowest BCUT2D eigenvalue weighted by Crippen LogP contribution is -2.51. The molecule has 0 saturated heterocycles. The van der Waals surface area contributed by atoms with E-state index in [1.807, 2.05) is 0 Å². The summed E-state index contributed by atoms with van der Waals surface area (Å²) in [6.07, 6.45) is 5.03. The fourth-order valence-corrected chi connectivity index (χ4v) is 4.43. The predicted molar refractivity (Wildman–Crippen MR) is 93.1 cm³/mol. The van der Waals surface area contributed by atoms with Crippen molar-refractivity contribution in [1.29, 1.82) is 0 Å². The van der Waals surface area contributed by atoms with Gasteiger partial charge in [-0.1, -0.05) is 19.3 Å². The molecule has 2 rings (SSSR count). The van der Waals surface area contributed by atoms with Gasteiger partial charge in [-0.25, -0.2) is 13.1 Å². The van der Waals surface area contributed by atoms with Crippen LogP contribution in [0.1, 0.15) is 32.1 Å². The average molecular weight is 414 g/mol. The van der Waals surface area contributed by atoms with Gasteiger partial charge >= 0.3 is 0 Å². The van der Waals surface area contributed by atoms with Crippen LogP contribution < -0.4 is 15.2 Å². The molecule has 0 aliphatic heterocycles. The molecule has 1 aromatic rings. The summed E-state index contributed by atoms with van der Waals surface area (Å²) in [7, 11) is -2.03. The zero-order valence-corrected chi connectivity index (χ0v) is 15.7. The first-order chi connectivity index (χ1) is 9.86. The van der Waals surface area contributed by atoms with Crippen LogP contribution in [0.15, 0.2) is 27.6 Å². The SMILES string of the molecule is COc1ccc(S(=O)(=O)NCC2(N)CCCCC2)cc1Br.Cl. The molecule has 0 unspecified atom stereocenters. The Morgan fingerprint density at radius 2 is 1.95 bits per heavy atom. The minimum Gasteiger partial charge on any atom is -0.496 e. The van der Waals surface area contributed by atoms with Gasteiger partial charge in [-0.2, -0.15) is 0 Å². The highest BCUT2D eigenvalue weighted by atomic mass is 79.9. The molecule has 0 heterocycles. The first-order valence-electron chi connectivity index (χ1n) is 6.98. The van der Waals surface area contributed by atoms with Gasteiger partial charge in [0.25, 0.3) is 0 Å². The highest BCUT2D eigenvalue weighted by Crippen LogP contribution is 2.28. The largest absolute Gasteiger partial charge is 0.496 e. The fraction of sp³-hybridized carbons (Fsp3) is 0.571. The van der Waals surface area contributed by atoms with Crippen LogP contribution in [-0.2, 0) is 10.0 Å². The van der Waals surface area contributed by atoms with Crippen LogP contribution >= 0.6 is 28.3 Å². The van der Waals surface area contributed by atoms with E-state index < -0.39 is 15.6 Å². The van der Waals surface area contributed by atoms with E-state index in [9.17, 15) is 8.42 Å². The Morgan fingerprint density at radius 3 is 2.50 bits per heavy atom. The van der Waals surface area contributed by atoms with E-state index in [2.05, 4.69) is 20.7 Å². The van der Waals surface area contributed by atoms with Gasteiger partial charge in [0, 0.05) is 12.1 Å². The number of halogens is 2. The molecule has 0 aromatic heterocycles. The van der Waals surface area contributed by atoms with Gasteiger partial charge in [0.15, 0.2) is 0 Å². The van der Waals surface area contributed by atoms with Gasteiger partial charge in [0.2, 0.25) is 10.0 Å². The minimum absolute atomic E-state index is 0. The molecular weight excluding hydrogens is 392 g/mol. The molecule has 0 spiro atoms. The van der Waals surface area contributed by atoms with Gasteiger partial charge in [0.1, 0.15) is 5.75 Å². The number of hydrogen-bond donors (Lipinski definition) is 2. The van der Waals surface area contributed by atoms with Crippen LogP contribution in [0, 0.1) is 0 Å². The van der Waals surface area contributed by atoms with Crippen molar-refractivity contribution in [3.63, 3.8) is 0 Å². The Hall–Kier alpha value is -0.340. The molecule has 0 atom stereocenters. The number of nitrogens with one attached hydrogen (secondary N) is 1. The third kappa shape index (κ3) is 4.83. The van der Waals surface area contributed by atoms with E-state index in [0.717, 1.165) is 25.7 Å². The smallest absolute Gasteiger partial charge is 0.240 e. The Bertz CT molecular complexity index is 604. The molecule has 126 valence electrons. The second-order valence-corrected chi connectivity index (χ2v) is 8.17. The third-order valence-corrected chi connectivity index (χ3v) is 5.92. The van der Waals surface area contributed by atoms with E-state index in [4.69, 9.17) is 10.5 Å². The summed E-state index contributed by atoms with van der Waals surface area (Å²) in [5.74, 6) is 0.594. The first-order valence-corrected chi connectivity index (χ1v) is 9.26. The Balaban J connectivity index is 0.00000242. The summed E-state index contributed by atoms with van der Waals surface area (Å²) < 4.78 is 33.0. The maximum atomic E-state index is 12.3. The standard InChI is InChI=1S/C14H21BrN2O3S.ClH/c1-20-13-6-5-11(9-12(13)15)21(18,19)17-10-14(16)7-3-2-4-8-14;/h5-6,9,17H,2-4,7-8,10,16H2,1H3;1H. The molecule has 1 aromatic carbocycles. The van der Waals surface area contributed by atoms with Crippen molar-refractivity contribution in [2.75, 3.05) is 13.7 Å². The van der Waals surface area contributed by atoms with E-state index in [0.29, 0.717) is 10.2 Å². The number of benzene rings is 1. The van der Waals surface area contributed by atoms with Gasteiger partial charge in [-0.15, -0.1) is 12.4 Å². The summed E-state index contributed by atoms with van der Waals surface area (Å²) in [5, 5.41) is 0. The van der Waals surface area contributed by atoms with E-state index in [1.54, 1.807) is 6.07 Å². The quantitative estimate of drug-likeness (QED) is 0.777. The topological polar surface area (TPSA) is 81.4 Å². The molecule has 5 nitrogen and oxygen atoms in total. The predicted octanol–water partition coefficient (Wildman–Crippen LogP) is 2.82. The molecule has 0 amide bonds. The third-order valence-electron chi connectivity index (χ3n) is 3.90. The Morgan fingerprint density at radius 1 is 1.32 bits per heavy atom. The van der Waals surface area contributed by atoms with Crippen molar-refractivity contribution >= 4 is 38.4 Å². The molecule has 1 fully saturated rings. The second-order valence-electron chi connectivity index (χ2n) is 5.54. The number of nitrogens with two attached hydrogens (primary N) is 1. The normalized spacial score (nSPS) is 17.6. The zero-order chi connectivity index (χ0) is 15.5. The molecule has 1 aliphatic rings. The molecule has 0 bridgehead atoms. The zero-order valence-electron chi connectivity index (χ0n) is 12.5. The van der Waals surface area contributed by atoms with Crippen molar-refractivity contribution < 1.29 is 13.2 Å². The van der Waals surface area contributed by atoms with Crippen LogP contribution in [0.2, 0.25) is 0 Å². The molecule has 8 heteroatoms. The lowest BCUT2D eigenvalue weighted by molar-refractivity contribution is 0.296. The fourth-order valence-electron chi connectivity index (χ4n) is 2.57. The highest BCUT2D eigenvalue weighted by Gasteiger charge is 2.29. The number of methoxy groups -OCH3 is 1. The van der Waals surface area contributed by atoms with Crippen molar-refractivity contribution in [1.82, 2.24) is 4.72 Å². The van der Waals surface area contributed by atoms with Crippen LogP contribution in [0.4, 0.5) is 0 Å². The van der Waals surface area contributed by atoms with E-state index >= 15 is 0 Å². The second kappa shape index (κ2) is 7.97. The highest BCUT2D eigenvalue weighted by molar-refractivity contribution is 9.10. The van der Waals surface area contributed by atoms with Gasteiger partial charge < -0.3 is 10.5 Å². The molecule has 3 N–H and O–H groups in total.